The molecule has 0 radical (unpaired) electrons. The van der Waals surface area contributed by atoms with Gasteiger partial charge in [0, 0.05) is 20.1 Å². The van der Waals surface area contributed by atoms with Gasteiger partial charge in [-0.25, -0.2) is 0 Å². The summed E-state index contributed by atoms with van der Waals surface area (Å²) in [6.07, 6.45) is 0.799. The van der Waals surface area contributed by atoms with Gasteiger partial charge in [0.1, 0.15) is 5.75 Å². The van der Waals surface area contributed by atoms with Crippen LogP contribution in [0.15, 0.2) is 18.2 Å². The molecule has 0 spiro atoms. The molecule has 6 heteroatoms. The van der Waals surface area contributed by atoms with Gasteiger partial charge < -0.3 is 24.3 Å². The first-order chi connectivity index (χ1) is 9.15. The van der Waals surface area contributed by atoms with E-state index in [0.717, 1.165) is 17.7 Å². The molecular formula is C13H21BO5. The smallest absolute Gasteiger partial charge is 0.488 e. The summed E-state index contributed by atoms with van der Waals surface area (Å²) in [7, 11) is 0.199. The van der Waals surface area contributed by atoms with Crippen LogP contribution in [-0.4, -0.2) is 50.7 Å². The molecule has 0 bridgehead atoms. The maximum Gasteiger partial charge on any atom is 0.488 e. The van der Waals surface area contributed by atoms with Gasteiger partial charge in [-0.2, -0.15) is 0 Å². The number of rotatable bonds is 9. The van der Waals surface area contributed by atoms with Crippen molar-refractivity contribution in [3.05, 3.63) is 23.8 Å². The highest BCUT2D eigenvalue weighted by atomic mass is 16.5. The van der Waals surface area contributed by atoms with Gasteiger partial charge in [0.25, 0.3) is 0 Å². The monoisotopic (exact) mass is 268 g/mol. The standard InChI is InChI=1S/C13H21BO5/c1-11-10-12(4-5-13(11)14(15)16)19-7-3-6-18-9-8-17-2/h4-5,10,15-16H,3,6-9H2,1-2H3. The van der Waals surface area contributed by atoms with Crippen molar-refractivity contribution < 1.29 is 24.3 Å². The first kappa shape index (κ1) is 16.0. The molecule has 19 heavy (non-hydrogen) atoms. The lowest BCUT2D eigenvalue weighted by atomic mass is 9.77. The van der Waals surface area contributed by atoms with Crippen molar-refractivity contribution in [1.82, 2.24) is 0 Å². The van der Waals surface area contributed by atoms with E-state index in [1.165, 1.54) is 0 Å². The Morgan fingerprint density at radius 2 is 1.89 bits per heavy atom. The van der Waals surface area contributed by atoms with Crippen molar-refractivity contribution in [2.75, 3.05) is 33.5 Å². The fourth-order valence-electron chi connectivity index (χ4n) is 1.62. The zero-order chi connectivity index (χ0) is 14.1. The minimum Gasteiger partial charge on any atom is -0.494 e. The maximum absolute atomic E-state index is 9.10. The van der Waals surface area contributed by atoms with E-state index in [2.05, 4.69) is 0 Å². The number of hydrogen-bond acceptors (Lipinski definition) is 5. The number of benzene rings is 1. The summed E-state index contributed by atoms with van der Waals surface area (Å²) in [6, 6.07) is 5.18. The zero-order valence-corrected chi connectivity index (χ0v) is 11.5. The van der Waals surface area contributed by atoms with Gasteiger partial charge in [0.15, 0.2) is 0 Å². The maximum atomic E-state index is 9.10. The fourth-order valence-corrected chi connectivity index (χ4v) is 1.62. The Labute approximate surface area is 114 Å². The number of aryl methyl sites for hydroxylation is 1. The van der Waals surface area contributed by atoms with E-state index < -0.39 is 7.12 Å². The average Bonchev–Trinajstić information content (AvgIpc) is 2.37. The topological polar surface area (TPSA) is 68.2 Å². The number of methoxy groups -OCH3 is 1. The molecule has 1 rings (SSSR count). The van der Waals surface area contributed by atoms with Crippen molar-refractivity contribution in [3.63, 3.8) is 0 Å². The van der Waals surface area contributed by atoms with Gasteiger partial charge >= 0.3 is 7.12 Å². The second-order valence-electron chi connectivity index (χ2n) is 4.20. The van der Waals surface area contributed by atoms with Crippen molar-refractivity contribution in [2.24, 2.45) is 0 Å². The molecule has 2 N–H and O–H groups in total. The molecule has 0 aliphatic rings. The molecule has 0 unspecified atom stereocenters. The lowest BCUT2D eigenvalue weighted by Gasteiger charge is -2.10. The molecule has 0 fully saturated rings. The SMILES string of the molecule is COCCOCCCOc1ccc(B(O)O)c(C)c1. The molecule has 0 amide bonds. The van der Waals surface area contributed by atoms with Gasteiger partial charge in [-0.05, 0) is 30.1 Å². The van der Waals surface area contributed by atoms with Crippen LogP contribution in [0.4, 0.5) is 0 Å². The highest BCUT2D eigenvalue weighted by Gasteiger charge is 2.13. The highest BCUT2D eigenvalue weighted by Crippen LogP contribution is 2.11. The zero-order valence-electron chi connectivity index (χ0n) is 11.5. The van der Waals surface area contributed by atoms with Crippen LogP contribution in [0.3, 0.4) is 0 Å². The van der Waals surface area contributed by atoms with Crippen LogP contribution in [0.2, 0.25) is 0 Å². The third kappa shape index (κ3) is 6.07. The lowest BCUT2D eigenvalue weighted by molar-refractivity contribution is 0.0644. The van der Waals surface area contributed by atoms with Crippen molar-refractivity contribution in [1.29, 1.82) is 0 Å². The molecule has 0 aliphatic carbocycles. The second-order valence-corrected chi connectivity index (χ2v) is 4.20. The van der Waals surface area contributed by atoms with E-state index in [1.54, 1.807) is 25.3 Å². The van der Waals surface area contributed by atoms with Gasteiger partial charge in [-0.15, -0.1) is 0 Å². The average molecular weight is 268 g/mol. The summed E-state index contributed by atoms with van der Waals surface area (Å²) in [6.45, 7) is 4.21. The van der Waals surface area contributed by atoms with Crippen LogP contribution in [0.5, 0.6) is 5.75 Å². The molecule has 106 valence electrons. The molecule has 1 aromatic rings. The van der Waals surface area contributed by atoms with Crippen LogP contribution in [0.25, 0.3) is 0 Å². The summed E-state index contributed by atoms with van der Waals surface area (Å²) in [5.74, 6) is 0.721. The number of ether oxygens (including phenoxy) is 3. The highest BCUT2D eigenvalue weighted by molar-refractivity contribution is 6.59. The normalized spacial score (nSPS) is 10.5. The summed E-state index contributed by atoms with van der Waals surface area (Å²) < 4.78 is 15.7. The van der Waals surface area contributed by atoms with Gasteiger partial charge in [0.2, 0.25) is 0 Å². The molecule has 0 atom stereocenters. The van der Waals surface area contributed by atoms with E-state index in [1.807, 2.05) is 6.92 Å². The molecule has 0 saturated heterocycles. The largest absolute Gasteiger partial charge is 0.494 e. The van der Waals surface area contributed by atoms with Crippen LogP contribution in [-0.2, 0) is 9.47 Å². The summed E-state index contributed by atoms with van der Waals surface area (Å²) >= 11 is 0. The first-order valence-electron chi connectivity index (χ1n) is 6.31. The first-order valence-corrected chi connectivity index (χ1v) is 6.31. The predicted molar refractivity (Wildman–Crippen MR) is 73.8 cm³/mol. The van der Waals surface area contributed by atoms with E-state index in [0.29, 0.717) is 31.9 Å². The third-order valence-corrected chi connectivity index (χ3v) is 2.65. The van der Waals surface area contributed by atoms with Crippen LogP contribution in [0, 0.1) is 6.92 Å². The van der Waals surface area contributed by atoms with Crippen molar-refractivity contribution in [2.45, 2.75) is 13.3 Å². The summed E-state index contributed by atoms with van der Waals surface area (Å²) in [4.78, 5) is 0. The van der Waals surface area contributed by atoms with Crippen molar-refractivity contribution in [3.8, 4) is 5.75 Å². The molecule has 0 aromatic heterocycles. The minimum atomic E-state index is -1.44. The molecule has 0 aliphatic heterocycles. The lowest BCUT2D eigenvalue weighted by Crippen LogP contribution is -2.31. The summed E-state index contributed by atoms with van der Waals surface area (Å²) in [5.41, 5.74) is 1.29. The summed E-state index contributed by atoms with van der Waals surface area (Å²) in [5, 5.41) is 18.2. The Morgan fingerprint density at radius 3 is 2.53 bits per heavy atom. The van der Waals surface area contributed by atoms with E-state index >= 15 is 0 Å². The van der Waals surface area contributed by atoms with Crippen LogP contribution < -0.4 is 10.2 Å². The minimum absolute atomic E-state index is 0.496. The quantitative estimate of drug-likeness (QED) is 0.491. The Morgan fingerprint density at radius 1 is 1.11 bits per heavy atom. The Balaban J connectivity index is 2.25. The third-order valence-electron chi connectivity index (χ3n) is 2.65. The molecule has 0 saturated carbocycles. The predicted octanol–water partition coefficient (Wildman–Crippen LogP) is 0.107. The van der Waals surface area contributed by atoms with Crippen molar-refractivity contribution >= 4 is 12.6 Å². The van der Waals surface area contributed by atoms with E-state index in [9.17, 15) is 0 Å². The van der Waals surface area contributed by atoms with Gasteiger partial charge in [0.05, 0.1) is 19.8 Å². The molecule has 5 nitrogen and oxygen atoms in total. The molecule has 0 heterocycles. The second kappa shape index (κ2) is 8.93. The number of hydrogen-bond donors (Lipinski definition) is 2. The Kier molecular flexibility index (Phi) is 7.51. The van der Waals surface area contributed by atoms with Crippen LogP contribution >= 0.6 is 0 Å². The van der Waals surface area contributed by atoms with Gasteiger partial charge in [-0.3, -0.25) is 0 Å². The Hall–Kier alpha value is -1.08. The molecular weight excluding hydrogens is 247 g/mol. The molecule has 1 aromatic carbocycles. The fraction of sp³-hybridized carbons (Fsp3) is 0.538. The van der Waals surface area contributed by atoms with Crippen LogP contribution in [0.1, 0.15) is 12.0 Å². The Bertz CT molecular complexity index is 370. The van der Waals surface area contributed by atoms with E-state index in [4.69, 9.17) is 24.3 Å². The van der Waals surface area contributed by atoms with E-state index in [-0.39, 0.29) is 0 Å². The van der Waals surface area contributed by atoms with Gasteiger partial charge in [-0.1, -0.05) is 6.07 Å².